The van der Waals surface area contributed by atoms with Crippen LogP contribution in [0, 0.1) is 5.41 Å². The summed E-state index contributed by atoms with van der Waals surface area (Å²) in [7, 11) is 0. The number of nitrogens with zero attached hydrogens (tertiary/aromatic N) is 1. The van der Waals surface area contributed by atoms with Crippen LogP contribution in [0.3, 0.4) is 0 Å². The first-order valence-electron chi connectivity index (χ1n) is 8.05. The summed E-state index contributed by atoms with van der Waals surface area (Å²) >= 11 is 0. The molecule has 0 bridgehead atoms. The van der Waals surface area contributed by atoms with Crippen LogP contribution in [0.15, 0.2) is 17.1 Å². The molecule has 114 valence electrons. The maximum atomic E-state index is 5.48. The Hall–Kier alpha value is -1.03. The van der Waals surface area contributed by atoms with Crippen molar-refractivity contribution in [3.05, 3.63) is 12.2 Å². The third-order valence-corrected chi connectivity index (χ3v) is 4.20. The predicted octanol–water partition coefficient (Wildman–Crippen LogP) is 2.47. The summed E-state index contributed by atoms with van der Waals surface area (Å²) in [6.07, 6.45) is 10.5. The topological polar surface area (TPSA) is 45.7 Å². The SMILES string of the molecule is CCNC(=NCC1(CCOCC)CC1)NC1CC=CC1. The van der Waals surface area contributed by atoms with Gasteiger partial charge in [-0.3, -0.25) is 4.99 Å². The van der Waals surface area contributed by atoms with Crippen molar-refractivity contribution < 1.29 is 4.74 Å². The molecule has 0 radical (unpaired) electrons. The molecule has 2 rings (SSSR count). The van der Waals surface area contributed by atoms with Crippen LogP contribution in [-0.2, 0) is 4.74 Å². The van der Waals surface area contributed by atoms with Gasteiger partial charge in [0.1, 0.15) is 0 Å². The van der Waals surface area contributed by atoms with Crippen LogP contribution in [0.25, 0.3) is 0 Å². The summed E-state index contributed by atoms with van der Waals surface area (Å²) < 4.78 is 5.48. The van der Waals surface area contributed by atoms with Crippen LogP contribution >= 0.6 is 0 Å². The summed E-state index contributed by atoms with van der Waals surface area (Å²) in [5.41, 5.74) is 0.422. The summed E-state index contributed by atoms with van der Waals surface area (Å²) in [5, 5.41) is 6.89. The van der Waals surface area contributed by atoms with Gasteiger partial charge in [-0.25, -0.2) is 0 Å². The average molecular weight is 279 g/mol. The molecule has 20 heavy (non-hydrogen) atoms. The van der Waals surface area contributed by atoms with E-state index in [1.54, 1.807) is 0 Å². The lowest BCUT2D eigenvalue weighted by molar-refractivity contribution is 0.129. The summed E-state index contributed by atoms with van der Waals surface area (Å²) in [5.74, 6) is 0.976. The van der Waals surface area contributed by atoms with Crippen LogP contribution < -0.4 is 10.6 Å². The monoisotopic (exact) mass is 279 g/mol. The molecule has 1 saturated carbocycles. The molecule has 0 amide bonds. The molecule has 0 atom stereocenters. The number of guanidine groups is 1. The normalized spacial score (nSPS) is 21.2. The lowest BCUT2D eigenvalue weighted by atomic mass is 10.0. The molecule has 0 aromatic rings. The molecule has 2 aliphatic carbocycles. The van der Waals surface area contributed by atoms with Crippen LogP contribution in [0.1, 0.15) is 46.0 Å². The number of aliphatic imine (C=N–C) groups is 1. The zero-order chi connectivity index (χ0) is 14.3. The Bertz CT molecular complexity index is 340. The highest BCUT2D eigenvalue weighted by atomic mass is 16.5. The first-order valence-corrected chi connectivity index (χ1v) is 8.05. The zero-order valence-electron chi connectivity index (χ0n) is 13.0. The van der Waals surface area contributed by atoms with E-state index in [9.17, 15) is 0 Å². The smallest absolute Gasteiger partial charge is 0.191 e. The largest absolute Gasteiger partial charge is 0.382 e. The second-order valence-corrected chi connectivity index (χ2v) is 5.93. The van der Waals surface area contributed by atoms with Crippen molar-refractivity contribution in [2.45, 2.75) is 52.0 Å². The molecule has 1 fully saturated rings. The lowest BCUT2D eigenvalue weighted by Gasteiger charge is -2.18. The fourth-order valence-electron chi connectivity index (χ4n) is 2.59. The fraction of sp³-hybridized carbons (Fsp3) is 0.812. The van der Waals surface area contributed by atoms with Gasteiger partial charge in [-0.1, -0.05) is 12.2 Å². The molecule has 4 nitrogen and oxygen atoms in total. The molecule has 0 unspecified atom stereocenters. The molecule has 0 aliphatic heterocycles. The average Bonchev–Trinajstić information content (AvgIpc) is 3.02. The van der Waals surface area contributed by atoms with Crippen molar-refractivity contribution in [1.29, 1.82) is 0 Å². The molecule has 2 aliphatic rings. The van der Waals surface area contributed by atoms with Crippen molar-refractivity contribution >= 4 is 5.96 Å². The molecule has 0 spiro atoms. The first-order chi connectivity index (χ1) is 9.78. The molecular weight excluding hydrogens is 250 g/mol. The van der Waals surface area contributed by atoms with Crippen molar-refractivity contribution in [2.24, 2.45) is 10.4 Å². The van der Waals surface area contributed by atoms with E-state index in [4.69, 9.17) is 9.73 Å². The quantitative estimate of drug-likeness (QED) is 0.310. The van der Waals surface area contributed by atoms with Gasteiger partial charge in [-0.05, 0) is 51.4 Å². The van der Waals surface area contributed by atoms with E-state index in [0.717, 1.165) is 51.5 Å². The minimum Gasteiger partial charge on any atom is -0.382 e. The van der Waals surface area contributed by atoms with Crippen molar-refractivity contribution in [2.75, 3.05) is 26.3 Å². The Morgan fingerprint density at radius 3 is 2.65 bits per heavy atom. The highest BCUT2D eigenvalue weighted by Gasteiger charge is 2.41. The first kappa shape index (κ1) is 15.4. The zero-order valence-corrected chi connectivity index (χ0v) is 13.0. The Labute approximate surface area is 123 Å². The maximum Gasteiger partial charge on any atom is 0.191 e. The molecule has 0 aromatic heterocycles. The minimum absolute atomic E-state index is 0.422. The van der Waals surface area contributed by atoms with Gasteiger partial charge >= 0.3 is 0 Å². The van der Waals surface area contributed by atoms with Gasteiger partial charge in [0.05, 0.1) is 0 Å². The number of hydrogen-bond donors (Lipinski definition) is 2. The molecule has 0 heterocycles. The predicted molar refractivity (Wildman–Crippen MR) is 84.1 cm³/mol. The lowest BCUT2D eigenvalue weighted by Crippen LogP contribution is -2.42. The molecule has 4 heteroatoms. The number of hydrogen-bond acceptors (Lipinski definition) is 2. The maximum absolute atomic E-state index is 5.48. The van der Waals surface area contributed by atoms with Gasteiger partial charge in [0, 0.05) is 32.3 Å². The van der Waals surface area contributed by atoms with E-state index in [-0.39, 0.29) is 0 Å². The Balaban J connectivity index is 1.78. The van der Waals surface area contributed by atoms with Gasteiger partial charge < -0.3 is 15.4 Å². The second-order valence-electron chi connectivity index (χ2n) is 5.93. The van der Waals surface area contributed by atoms with Crippen LogP contribution in [0.5, 0.6) is 0 Å². The van der Waals surface area contributed by atoms with Gasteiger partial charge in [0.15, 0.2) is 5.96 Å². The van der Waals surface area contributed by atoms with Crippen molar-refractivity contribution in [1.82, 2.24) is 10.6 Å². The number of rotatable bonds is 8. The molecule has 0 aromatic carbocycles. The Morgan fingerprint density at radius 2 is 2.05 bits per heavy atom. The van der Waals surface area contributed by atoms with E-state index < -0.39 is 0 Å². The van der Waals surface area contributed by atoms with E-state index in [1.807, 2.05) is 0 Å². The molecular formula is C16H29N3O. The van der Waals surface area contributed by atoms with Crippen LogP contribution in [0.4, 0.5) is 0 Å². The molecule has 2 N–H and O–H groups in total. The van der Waals surface area contributed by atoms with Crippen molar-refractivity contribution in [3.63, 3.8) is 0 Å². The molecule has 0 saturated heterocycles. The second kappa shape index (κ2) is 7.67. The standard InChI is InChI=1S/C16H29N3O/c1-3-17-15(19-14-7-5-6-8-14)18-13-16(9-10-16)11-12-20-4-2/h5-6,14H,3-4,7-13H2,1-2H3,(H2,17,18,19). The van der Waals surface area contributed by atoms with E-state index in [0.29, 0.717) is 11.5 Å². The van der Waals surface area contributed by atoms with Crippen LogP contribution in [-0.4, -0.2) is 38.3 Å². The number of nitrogens with one attached hydrogen (secondary N) is 2. The van der Waals surface area contributed by atoms with E-state index >= 15 is 0 Å². The number of ether oxygens (including phenoxy) is 1. The minimum atomic E-state index is 0.422. The third-order valence-electron chi connectivity index (χ3n) is 4.20. The highest BCUT2D eigenvalue weighted by Crippen LogP contribution is 2.48. The highest BCUT2D eigenvalue weighted by molar-refractivity contribution is 5.80. The third kappa shape index (κ3) is 4.82. The summed E-state index contributed by atoms with van der Waals surface area (Å²) in [6, 6.07) is 0.520. The van der Waals surface area contributed by atoms with Gasteiger partial charge in [0.2, 0.25) is 0 Å². The Kier molecular flexibility index (Phi) is 5.89. The van der Waals surface area contributed by atoms with Gasteiger partial charge in [-0.15, -0.1) is 0 Å². The summed E-state index contributed by atoms with van der Waals surface area (Å²) in [6.45, 7) is 7.71. The Morgan fingerprint density at radius 1 is 1.30 bits per heavy atom. The fourth-order valence-corrected chi connectivity index (χ4v) is 2.59. The summed E-state index contributed by atoms with van der Waals surface area (Å²) in [4.78, 5) is 4.80. The van der Waals surface area contributed by atoms with E-state index in [1.165, 1.54) is 12.8 Å². The van der Waals surface area contributed by atoms with Crippen LogP contribution in [0.2, 0.25) is 0 Å². The van der Waals surface area contributed by atoms with Crippen molar-refractivity contribution in [3.8, 4) is 0 Å². The van der Waals surface area contributed by atoms with E-state index in [2.05, 4.69) is 36.6 Å². The van der Waals surface area contributed by atoms with Gasteiger partial charge in [-0.2, -0.15) is 0 Å². The van der Waals surface area contributed by atoms with Gasteiger partial charge in [0.25, 0.3) is 0 Å².